The fourth-order valence-corrected chi connectivity index (χ4v) is 2.62. The number of hydrogen-bond acceptors (Lipinski definition) is 3. The predicted octanol–water partition coefficient (Wildman–Crippen LogP) is 5.84. The average molecular weight is 358 g/mol. The average Bonchev–Trinajstić information content (AvgIpc) is 2.53. The summed E-state index contributed by atoms with van der Waals surface area (Å²) in [5.41, 5.74) is 2.79. The Labute approximate surface area is 156 Å². The Morgan fingerprint density at radius 1 is 1.12 bits per heavy atom. The SMILES string of the molecule is CCC/C=C/c1cc(O)c(C/C=C(\C)CCC=C(C)C)c(O)c1C(=O)O. The molecule has 0 aromatic heterocycles. The van der Waals surface area contributed by atoms with Crippen molar-refractivity contribution in [2.75, 3.05) is 0 Å². The quantitative estimate of drug-likeness (QED) is 0.484. The molecule has 1 rings (SSSR count). The summed E-state index contributed by atoms with van der Waals surface area (Å²) in [5, 5.41) is 30.2. The van der Waals surface area contributed by atoms with Gasteiger partial charge in [0, 0.05) is 5.56 Å². The molecule has 0 amide bonds. The minimum absolute atomic E-state index is 0.0861. The Hall–Kier alpha value is -2.49. The zero-order chi connectivity index (χ0) is 19.7. The van der Waals surface area contributed by atoms with Gasteiger partial charge in [0.15, 0.2) is 0 Å². The zero-order valence-corrected chi connectivity index (χ0v) is 16.2. The van der Waals surface area contributed by atoms with E-state index >= 15 is 0 Å². The van der Waals surface area contributed by atoms with Crippen molar-refractivity contribution in [2.24, 2.45) is 0 Å². The van der Waals surface area contributed by atoms with Crippen LogP contribution in [0.1, 0.15) is 74.9 Å². The van der Waals surface area contributed by atoms with E-state index in [2.05, 4.69) is 19.9 Å². The zero-order valence-electron chi connectivity index (χ0n) is 16.2. The molecule has 0 spiro atoms. The van der Waals surface area contributed by atoms with Gasteiger partial charge >= 0.3 is 5.97 Å². The van der Waals surface area contributed by atoms with E-state index in [1.54, 1.807) is 6.08 Å². The second-order valence-electron chi connectivity index (χ2n) is 6.76. The lowest BCUT2D eigenvalue weighted by Crippen LogP contribution is -2.03. The fraction of sp³-hybridized carbons (Fsp3) is 0.409. The Kier molecular flexibility index (Phi) is 8.70. The number of phenolic OH excluding ortho intramolecular Hbond substituents is 1. The van der Waals surface area contributed by atoms with Crippen molar-refractivity contribution < 1.29 is 20.1 Å². The van der Waals surface area contributed by atoms with E-state index in [1.807, 2.05) is 26.0 Å². The number of allylic oxidation sites excluding steroid dienone is 5. The van der Waals surface area contributed by atoms with E-state index in [-0.39, 0.29) is 29.0 Å². The molecule has 0 fully saturated rings. The summed E-state index contributed by atoms with van der Waals surface area (Å²) < 4.78 is 0. The minimum atomic E-state index is -1.20. The van der Waals surface area contributed by atoms with Crippen LogP contribution in [0.4, 0.5) is 0 Å². The number of carbonyl (C=O) groups is 1. The summed E-state index contributed by atoms with van der Waals surface area (Å²) in [4.78, 5) is 11.6. The van der Waals surface area contributed by atoms with Crippen molar-refractivity contribution in [3.05, 3.63) is 52.1 Å². The van der Waals surface area contributed by atoms with Gasteiger partial charge in [-0.1, -0.05) is 48.8 Å². The molecule has 0 saturated carbocycles. The van der Waals surface area contributed by atoms with Crippen LogP contribution in [0.15, 0.2) is 35.4 Å². The molecule has 0 radical (unpaired) electrons. The fourth-order valence-electron chi connectivity index (χ4n) is 2.62. The molecule has 26 heavy (non-hydrogen) atoms. The van der Waals surface area contributed by atoms with Crippen molar-refractivity contribution in [2.45, 2.75) is 59.8 Å². The van der Waals surface area contributed by atoms with Crippen LogP contribution >= 0.6 is 0 Å². The maximum absolute atomic E-state index is 11.6. The van der Waals surface area contributed by atoms with E-state index in [1.165, 1.54) is 11.6 Å². The van der Waals surface area contributed by atoms with Gasteiger partial charge in [0.1, 0.15) is 17.1 Å². The van der Waals surface area contributed by atoms with Gasteiger partial charge in [0.25, 0.3) is 0 Å². The summed E-state index contributed by atoms with van der Waals surface area (Å²) >= 11 is 0. The van der Waals surface area contributed by atoms with Crippen LogP contribution < -0.4 is 0 Å². The molecule has 0 aliphatic rings. The van der Waals surface area contributed by atoms with Gasteiger partial charge in [0.05, 0.1) is 0 Å². The van der Waals surface area contributed by atoms with Crippen LogP contribution in [0.2, 0.25) is 0 Å². The number of phenols is 2. The number of benzene rings is 1. The Balaban J connectivity index is 3.11. The lowest BCUT2D eigenvalue weighted by atomic mass is 9.97. The van der Waals surface area contributed by atoms with Crippen molar-refractivity contribution in [3.8, 4) is 11.5 Å². The molecule has 0 aliphatic heterocycles. The van der Waals surface area contributed by atoms with E-state index in [9.17, 15) is 20.1 Å². The molecular weight excluding hydrogens is 328 g/mol. The standard InChI is InChI=1S/C22H30O4/c1-5-6-7-11-17-14-19(23)18(21(24)20(17)22(25)26)13-12-16(4)10-8-9-15(2)3/h7,9,11-12,14,23-24H,5-6,8,10,13H2,1-4H3,(H,25,26)/b11-7+,16-12+. The molecular formula is C22H30O4. The van der Waals surface area contributed by atoms with Crippen LogP contribution in [-0.2, 0) is 6.42 Å². The highest BCUT2D eigenvalue weighted by atomic mass is 16.4. The predicted molar refractivity (Wildman–Crippen MR) is 107 cm³/mol. The van der Waals surface area contributed by atoms with Crippen molar-refractivity contribution in [1.82, 2.24) is 0 Å². The van der Waals surface area contributed by atoms with Gasteiger partial charge < -0.3 is 15.3 Å². The van der Waals surface area contributed by atoms with Crippen molar-refractivity contribution in [1.29, 1.82) is 0 Å². The second kappa shape index (κ2) is 10.5. The van der Waals surface area contributed by atoms with E-state index in [0.29, 0.717) is 5.56 Å². The molecule has 0 bridgehead atoms. The third-order valence-corrected chi connectivity index (χ3v) is 4.13. The number of hydrogen-bond donors (Lipinski definition) is 3. The van der Waals surface area contributed by atoms with Crippen molar-refractivity contribution in [3.63, 3.8) is 0 Å². The molecule has 0 unspecified atom stereocenters. The first-order chi connectivity index (χ1) is 12.3. The first-order valence-corrected chi connectivity index (χ1v) is 9.04. The van der Waals surface area contributed by atoms with Gasteiger partial charge in [-0.25, -0.2) is 4.79 Å². The highest BCUT2D eigenvalue weighted by Crippen LogP contribution is 2.35. The molecule has 0 saturated heterocycles. The van der Waals surface area contributed by atoms with Gasteiger partial charge in [0.2, 0.25) is 0 Å². The number of rotatable bonds is 9. The number of carboxylic acid groups (broad SMARTS) is 1. The second-order valence-corrected chi connectivity index (χ2v) is 6.76. The molecule has 4 nitrogen and oxygen atoms in total. The molecule has 4 heteroatoms. The Morgan fingerprint density at radius 2 is 1.81 bits per heavy atom. The number of aromatic hydroxyl groups is 2. The largest absolute Gasteiger partial charge is 0.507 e. The summed E-state index contributed by atoms with van der Waals surface area (Å²) in [6.07, 6.45) is 11.4. The highest BCUT2D eigenvalue weighted by Gasteiger charge is 2.20. The topological polar surface area (TPSA) is 77.8 Å². The Morgan fingerprint density at radius 3 is 2.38 bits per heavy atom. The van der Waals surface area contributed by atoms with Crippen LogP contribution in [0, 0.1) is 0 Å². The summed E-state index contributed by atoms with van der Waals surface area (Å²) in [6.45, 7) is 8.12. The first kappa shape index (κ1) is 21.6. The van der Waals surface area contributed by atoms with E-state index in [0.717, 1.165) is 31.3 Å². The van der Waals surface area contributed by atoms with Gasteiger partial charge in [-0.2, -0.15) is 0 Å². The molecule has 0 heterocycles. The first-order valence-electron chi connectivity index (χ1n) is 9.04. The van der Waals surface area contributed by atoms with Gasteiger partial charge in [-0.05, 0) is 58.1 Å². The lowest BCUT2D eigenvalue weighted by Gasteiger charge is -2.12. The van der Waals surface area contributed by atoms with Crippen LogP contribution in [-0.4, -0.2) is 21.3 Å². The number of aromatic carboxylic acids is 1. The molecule has 0 aliphatic carbocycles. The molecule has 142 valence electrons. The third-order valence-electron chi connectivity index (χ3n) is 4.13. The molecule has 3 N–H and O–H groups in total. The third kappa shape index (κ3) is 6.43. The summed E-state index contributed by atoms with van der Waals surface area (Å²) in [5.74, 6) is -1.65. The summed E-state index contributed by atoms with van der Waals surface area (Å²) in [7, 11) is 0. The van der Waals surface area contributed by atoms with Crippen LogP contribution in [0.5, 0.6) is 11.5 Å². The van der Waals surface area contributed by atoms with Crippen LogP contribution in [0.3, 0.4) is 0 Å². The van der Waals surface area contributed by atoms with Gasteiger partial charge in [-0.3, -0.25) is 0 Å². The van der Waals surface area contributed by atoms with Gasteiger partial charge in [-0.15, -0.1) is 0 Å². The number of carboxylic acids is 1. The normalized spacial score (nSPS) is 11.8. The molecule has 1 aromatic carbocycles. The monoisotopic (exact) mass is 358 g/mol. The van der Waals surface area contributed by atoms with E-state index < -0.39 is 5.97 Å². The van der Waals surface area contributed by atoms with Crippen molar-refractivity contribution >= 4 is 12.0 Å². The lowest BCUT2D eigenvalue weighted by molar-refractivity contribution is 0.0693. The van der Waals surface area contributed by atoms with Crippen LogP contribution in [0.25, 0.3) is 6.08 Å². The maximum Gasteiger partial charge on any atom is 0.340 e. The number of unbranched alkanes of at least 4 members (excludes halogenated alkanes) is 1. The molecule has 0 atom stereocenters. The maximum atomic E-state index is 11.6. The highest BCUT2D eigenvalue weighted by molar-refractivity contribution is 5.96. The summed E-state index contributed by atoms with van der Waals surface area (Å²) in [6, 6.07) is 1.41. The smallest absolute Gasteiger partial charge is 0.340 e. The Bertz CT molecular complexity index is 720. The molecule has 1 aromatic rings. The minimum Gasteiger partial charge on any atom is -0.507 e. The van der Waals surface area contributed by atoms with E-state index in [4.69, 9.17) is 0 Å².